The zero-order valence-electron chi connectivity index (χ0n) is 11.9. The van der Waals surface area contributed by atoms with Crippen LogP contribution in [0.5, 0.6) is 0 Å². The van der Waals surface area contributed by atoms with Crippen LogP contribution in [0, 0.1) is 13.8 Å². The number of aryl methyl sites for hydroxylation is 2. The molecule has 0 heterocycles. The Morgan fingerprint density at radius 2 is 1.95 bits per heavy atom. The average Bonchev–Trinajstić information content (AvgIpc) is 2.38. The van der Waals surface area contributed by atoms with E-state index in [-0.39, 0.29) is 5.25 Å². The third-order valence-corrected chi connectivity index (χ3v) is 6.49. The van der Waals surface area contributed by atoms with E-state index in [2.05, 4.69) is 5.32 Å². The molecule has 4 heteroatoms. The first-order valence-electron chi connectivity index (χ1n) is 6.93. The number of hydrogen-bond donors (Lipinski definition) is 1. The third-order valence-electron chi connectivity index (χ3n) is 4.11. The molecule has 0 radical (unpaired) electrons. The lowest BCUT2D eigenvalue weighted by Gasteiger charge is -2.29. The van der Waals surface area contributed by atoms with Crippen LogP contribution in [0.25, 0.3) is 0 Å². The van der Waals surface area contributed by atoms with Crippen molar-refractivity contribution in [3.05, 3.63) is 29.3 Å². The second-order valence-corrected chi connectivity index (χ2v) is 7.78. The monoisotopic (exact) mass is 281 g/mol. The van der Waals surface area contributed by atoms with Crippen LogP contribution in [0.15, 0.2) is 23.1 Å². The molecule has 1 aromatic carbocycles. The van der Waals surface area contributed by atoms with Gasteiger partial charge in [0, 0.05) is 6.04 Å². The van der Waals surface area contributed by atoms with E-state index in [1.165, 1.54) is 0 Å². The summed E-state index contributed by atoms with van der Waals surface area (Å²) in [5, 5.41) is 2.98. The summed E-state index contributed by atoms with van der Waals surface area (Å²) in [6.07, 6.45) is 3.58. The third kappa shape index (κ3) is 3.00. The first-order chi connectivity index (χ1) is 8.95. The van der Waals surface area contributed by atoms with Gasteiger partial charge in [0.1, 0.15) is 0 Å². The van der Waals surface area contributed by atoms with Crippen molar-refractivity contribution >= 4 is 9.84 Å². The smallest absolute Gasteiger partial charge is 0.181 e. The van der Waals surface area contributed by atoms with E-state index in [9.17, 15) is 8.42 Å². The van der Waals surface area contributed by atoms with Crippen LogP contribution < -0.4 is 5.32 Å². The number of rotatable bonds is 3. The maximum absolute atomic E-state index is 12.8. The van der Waals surface area contributed by atoms with Crippen LogP contribution >= 0.6 is 0 Å². The average molecular weight is 281 g/mol. The molecule has 0 saturated heterocycles. The predicted octanol–water partition coefficient (Wildman–Crippen LogP) is 2.61. The molecule has 0 aliphatic heterocycles. The fourth-order valence-electron chi connectivity index (χ4n) is 2.99. The fraction of sp³-hybridized carbons (Fsp3) is 0.600. The summed E-state index contributed by atoms with van der Waals surface area (Å²) in [7, 11) is -1.28. The predicted molar refractivity (Wildman–Crippen MR) is 78.2 cm³/mol. The summed E-state index contributed by atoms with van der Waals surface area (Å²) < 4.78 is 25.5. The van der Waals surface area contributed by atoms with Crippen LogP contribution in [0.2, 0.25) is 0 Å². The largest absolute Gasteiger partial charge is 0.317 e. The zero-order valence-corrected chi connectivity index (χ0v) is 12.8. The van der Waals surface area contributed by atoms with Gasteiger partial charge in [-0.2, -0.15) is 0 Å². The molecular formula is C15H23NO2S. The van der Waals surface area contributed by atoms with E-state index >= 15 is 0 Å². The van der Waals surface area contributed by atoms with Crippen LogP contribution in [0.4, 0.5) is 0 Å². The van der Waals surface area contributed by atoms with E-state index in [1.54, 1.807) is 6.07 Å². The molecule has 0 bridgehead atoms. The molecule has 3 nitrogen and oxygen atoms in total. The van der Waals surface area contributed by atoms with Crippen molar-refractivity contribution < 1.29 is 8.42 Å². The van der Waals surface area contributed by atoms with Crippen molar-refractivity contribution in [2.45, 2.75) is 55.7 Å². The van der Waals surface area contributed by atoms with Gasteiger partial charge >= 0.3 is 0 Å². The Balaban J connectivity index is 2.31. The van der Waals surface area contributed by atoms with Crippen LogP contribution in [0.1, 0.15) is 36.8 Å². The van der Waals surface area contributed by atoms with E-state index in [0.29, 0.717) is 10.9 Å². The molecule has 0 aromatic heterocycles. The molecule has 1 aromatic rings. The van der Waals surface area contributed by atoms with Gasteiger partial charge in [-0.3, -0.25) is 0 Å². The van der Waals surface area contributed by atoms with Gasteiger partial charge in [-0.05, 0) is 51.8 Å². The van der Waals surface area contributed by atoms with Gasteiger partial charge in [0.25, 0.3) is 0 Å². The minimum atomic E-state index is -3.19. The summed E-state index contributed by atoms with van der Waals surface area (Å²) in [6.45, 7) is 3.87. The Morgan fingerprint density at radius 1 is 1.21 bits per heavy atom. The quantitative estimate of drug-likeness (QED) is 0.926. The van der Waals surface area contributed by atoms with E-state index in [4.69, 9.17) is 0 Å². The fourth-order valence-corrected chi connectivity index (χ4v) is 5.07. The van der Waals surface area contributed by atoms with E-state index < -0.39 is 9.84 Å². The van der Waals surface area contributed by atoms with Crippen molar-refractivity contribution in [2.24, 2.45) is 0 Å². The normalized spacial score (nSPS) is 24.4. The lowest BCUT2D eigenvalue weighted by Crippen LogP contribution is -2.37. The number of benzene rings is 1. The van der Waals surface area contributed by atoms with E-state index in [1.807, 2.05) is 33.0 Å². The standard InChI is InChI=1S/C15H23NO2S/c1-11-7-8-15(12(2)9-11)19(17,18)14-6-4-5-13(10-14)16-3/h7-9,13-14,16H,4-6,10H2,1-3H3. The van der Waals surface area contributed by atoms with Gasteiger partial charge in [0.05, 0.1) is 10.1 Å². The summed E-state index contributed by atoms with van der Waals surface area (Å²) in [5.41, 5.74) is 1.97. The Labute approximate surface area is 116 Å². The second-order valence-electron chi connectivity index (χ2n) is 5.59. The summed E-state index contributed by atoms with van der Waals surface area (Å²) in [4.78, 5) is 0.514. The summed E-state index contributed by atoms with van der Waals surface area (Å²) >= 11 is 0. The Morgan fingerprint density at radius 3 is 2.58 bits per heavy atom. The zero-order chi connectivity index (χ0) is 14.0. The molecule has 1 aliphatic rings. The highest BCUT2D eigenvalue weighted by atomic mass is 32.2. The highest BCUT2D eigenvalue weighted by molar-refractivity contribution is 7.92. The SMILES string of the molecule is CNC1CCCC(S(=O)(=O)c2ccc(C)cc2C)C1. The van der Waals surface area contributed by atoms with Crippen molar-refractivity contribution in [1.29, 1.82) is 0 Å². The molecule has 106 valence electrons. The Kier molecular flexibility index (Phi) is 4.31. The van der Waals surface area contributed by atoms with Crippen molar-refractivity contribution in [3.8, 4) is 0 Å². The molecule has 0 amide bonds. The Hall–Kier alpha value is -0.870. The van der Waals surface area contributed by atoms with Gasteiger partial charge < -0.3 is 5.32 Å². The van der Waals surface area contributed by atoms with Gasteiger partial charge in [-0.15, -0.1) is 0 Å². The number of hydrogen-bond acceptors (Lipinski definition) is 3. The highest BCUT2D eigenvalue weighted by Gasteiger charge is 2.33. The van der Waals surface area contributed by atoms with Crippen LogP contribution in [-0.2, 0) is 9.84 Å². The maximum Gasteiger partial charge on any atom is 0.181 e. The number of sulfone groups is 1. The molecular weight excluding hydrogens is 258 g/mol. The molecule has 2 unspecified atom stereocenters. The minimum absolute atomic E-state index is 0.236. The van der Waals surface area contributed by atoms with Crippen LogP contribution in [0.3, 0.4) is 0 Å². The molecule has 1 fully saturated rings. The topological polar surface area (TPSA) is 46.2 Å². The van der Waals surface area contributed by atoms with Gasteiger partial charge in [-0.1, -0.05) is 24.1 Å². The number of nitrogens with one attached hydrogen (secondary N) is 1. The van der Waals surface area contributed by atoms with Gasteiger partial charge in [-0.25, -0.2) is 8.42 Å². The van der Waals surface area contributed by atoms with Gasteiger partial charge in [0.15, 0.2) is 9.84 Å². The van der Waals surface area contributed by atoms with Crippen molar-refractivity contribution in [3.63, 3.8) is 0 Å². The lowest BCUT2D eigenvalue weighted by atomic mass is 9.95. The lowest BCUT2D eigenvalue weighted by molar-refractivity contribution is 0.390. The summed E-state index contributed by atoms with van der Waals surface area (Å²) in [5.74, 6) is 0. The van der Waals surface area contributed by atoms with Gasteiger partial charge in [0.2, 0.25) is 0 Å². The first kappa shape index (κ1) is 14.5. The van der Waals surface area contributed by atoms with Crippen molar-refractivity contribution in [1.82, 2.24) is 5.32 Å². The molecule has 19 heavy (non-hydrogen) atoms. The molecule has 1 aliphatic carbocycles. The maximum atomic E-state index is 12.8. The molecule has 1 N–H and O–H groups in total. The summed E-state index contributed by atoms with van der Waals surface area (Å²) in [6, 6.07) is 5.94. The van der Waals surface area contributed by atoms with E-state index in [0.717, 1.165) is 36.8 Å². The van der Waals surface area contributed by atoms with Crippen LogP contribution in [-0.4, -0.2) is 26.8 Å². The first-order valence-corrected chi connectivity index (χ1v) is 8.48. The highest BCUT2D eigenvalue weighted by Crippen LogP contribution is 2.30. The minimum Gasteiger partial charge on any atom is -0.317 e. The molecule has 2 rings (SSSR count). The molecule has 1 saturated carbocycles. The molecule has 0 spiro atoms. The Bertz CT molecular complexity index is 551. The molecule has 2 atom stereocenters. The van der Waals surface area contributed by atoms with Crippen molar-refractivity contribution in [2.75, 3.05) is 7.05 Å². The second kappa shape index (κ2) is 5.63.